The fourth-order valence-corrected chi connectivity index (χ4v) is 4.76. The number of nitrogens with zero attached hydrogens (tertiary/aromatic N) is 3. The van der Waals surface area contributed by atoms with Gasteiger partial charge in [0.15, 0.2) is 5.96 Å². The predicted octanol–water partition coefficient (Wildman–Crippen LogP) is 1.82. The summed E-state index contributed by atoms with van der Waals surface area (Å²) in [5.41, 5.74) is 0. The third-order valence-corrected chi connectivity index (χ3v) is 6.27. The Hall–Kier alpha value is -1.30. The molecule has 6 nitrogen and oxygen atoms in total. The molecule has 2 unspecified atom stereocenters. The van der Waals surface area contributed by atoms with Gasteiger partial charge in [-0.25, -0.2) is 0 Å². The van der Waals surface area contributed by atoms with Crippen molar-refractivity contribution in [1.29, 1.82) is 0 Å². The first-order valence-electron chi connectivity index (χ1n) is 10.6. The van der Waals surface area contributed by atoms with Crippen LogP contribution >= 0.6 is 0 Å². The van der Waals surface area contributed by atoms with Crippen molar-refractivity contribution in [1.82, 2.24) is 20.4 Å². The summed E-state index contributed by atoms with van der Waals surface area (Å²) >= 11 is 0. The first-order chi connectivity index (χ1) is 12.7. The van der Waals surface area contributed by atoms with E-state index in [4.69, 9.17) is 0 Å². The minimum Gasteiger partial charge on any atom is -0.356 e. The summed E-state index contributed by atoms with van der Waals surface area (Å²) in [4.78, 5) is 21.4. The van der Waals surface area contributed by atoms with Crippen molar-refractivity contribution >= 4 is 11.9 Å². The van der Waals surface area contributed by atoms with Crippen LogP contribution in [0.1, 0.15) is 58.3 Å². The van der Waals surface area contributed by atoms with Crippen molar-refractivity contribution in [3.63, 3.8) is 0 Å². The van der Waals surface area contributed by atoms with Crippen molar-refractivity contribution < 1.29 is 4.79 Å². The average molecular weight is 364 g/mol. The Balaban J connectivity index is 1.35. The van der Waals surface area contributed by atoms with Gasteiger partial charge in [-0.05, 0) is 38.0 Å². The van der Waals surface area contributed by atoms with E-state index >= 15 is 0 Å². The van der Waals surface area contributed by atoms with Crippen molar-refractivity contribution in [2.45, 2.75) is 70.4 Å². The van der Waals surface area contributed by atoms with Crippen LogP contribution in [0.25, 0.3) is 0 Å². The number of hydrogen-bond donors (Lipinski definition) is 2. The number of hydrogen-bond acceptors (Lipinski definition) is 3. The molecule has 6 heteroatoms. The van der Waals surface area contributed by atoms with Gasteiger partial charge < -0.3 is 15.5 Å². The summed E-state index contributed by atoms with van der Waals surface area (Å²) < 4.78 is 0. The van der Waals surface area contributed by atoms with E-state index in [1.165, 1.54) is 45.1 Å². The summed E-state index contributed by atoms with van der Waals surface area (Å²) in [6, 6.07) is 1.28. The Labute approximate surface area is 158 Å². The van der Waals surface area contributed by atoms with Crippen LogP contribution in [-0.4, -0.2) is 73.5 Å². The topological polar surface area (TPSA) is 60.0 Å². The quantitative estimate of drug-likeness (QED) is 0.578. The summed E-state index contributed by atoms with van der Waals surface area (Å²) in [5, 5.41) is 6.89. The third kappa shape index (κ3) is 5.35. The van der Waals surface area contributed by atoms with Gasteiger partial charge in [0.2, 0.25) is 5.91 Å². The lowest BCUT2D eigenvalue weighted by atomic mass is 10.00. The molecule has 2 saturated heterocycles. The standard InChI is InChI=1S/C20H37N5O/c1-16-6-5-12-25(14-16)19(26)9-11-22-20(21-2)23-17-10-13-24(15-17)18-7-3-4-8-18/h16-18H,3-15H2,1-2H3,(H2,21,22,23). The van der Waals surface area contributed by atoms with Crippen molar-refractivity contribution in [2.75, 3.05) is 39.8 Å². The summed E-state index contributed by atoms with van der Waals surface area (Å²) in [5.74, 6) is 1.75. The van der Waals surface area contributed by atoms with Crippen LogP contribution in [0.5, 0.6) is 0 Å². The minimum atomic E-state index is 0.271. The maximum absolute atomic E-state index is 12.4. The molecule has 2 N–H and O–H groups in total. The van der Waals surface area contributed by atoms with Gasteiger partial charge in [0, 0.05) is 58.3 Å². The highest BCUT2D eigenvalue weighted by molar-refractivity contribution is 5.81. The highest BCUT2D eigenvalue weighted by Crippen LogP contribution is 2.26. The first kappa shape index (κ1) is 19.5. The Kier molecular flexibility index (Phi) is 7.17. The van der Waals surface area contributed by atoms with Crippen LogP contribution in [-0.2, 0) is 4.79 Å². The largest absolute Gasteiger partial charge is 0.356 e. The lowest BCUT2D eigenvalue weighted by Crippen LogP contribution is -2.46. The summed E-state index contributed by atoms with van der Waals surface area (Å²) in [7, 11) is 1.81. The van der Waals surface area contributed by atoms with Crippen LogP contribution in [0.2, 0.25) is 0 Å². The van der Waals surface area contributed by atoms with Gasteiger partial charge in [-0.1, -0.05) is 19.8 Å². The summed E-state index contributed by atoms with van der Waals surface area (Å²) in [6.45, 7) is 7.06. The molecule has 0 aromatic carbocycles. The number of carbonyl (C=O) groups excluding carboxylic acids is 1. The number of amides is 1. The van der Waals surface area contributed by atoms with E-state index in [1.54, 1.807) is 0 Å². The Morgan fingerprint density at radius 2 is 1.88 bits per heavy atom. The van der Waals surface area contributed by atoms with Gasteiger partial charge in [-0.3, -0.25) is 14.7 Å². The normalized spacial score (nSPS) is 28.5. The first-order valence-corrected chi connectivity index (χ1v) is 10.6. The Morgan fingerprint density at radius 3 is 2.62 bits per heavy atom. The number of nitrogens with one attached hydrogen (secondary N) is 2. The van der Waals surface area contributed by atoms with Gasteiger partial charge in [0.05, 0.1) is 0 Å². The number of piperidine rings is 1. The molecule has 2 aliphatic heterocycles. The zero-order valence-electron chi connectivity index (χ0n) is 16.7. The van der Waals surface area contributed by atoms with E-state index in [2.05, 4.69) is 27.4 Å². The second kappa shape index (κ2) is 9.58. The molecule has 3 aliphatic rings. The smallest absolute Gasteiger partial charge is 0.224 e. The van der Waals surface area contributed by atoms with Gasteiger partial charge >= 0.3 is 0 Å². The van der Waals surface area contributed by atoms with E-state index in [0.29, 0.717) is 24.9 Å². The molecule has 1 aliphatic carbocycles. The highest BCUT2D eigenvalue weighted by atomic mass is 16.2. The molecule has 26 heavy (non-hydrogen) atoms. The molecule has 0 radical (unpaired) electrons. The second-order valence-electron chi connectivity index (χ2n) is 8.40. The molecule has 2 heterocycles. The van der Waals surface area contributed by atoms with E-state index in [9.17, 15) is 4.79 Å². The van der Waals surface area contributed by atoms with Gasteiger partial charge in [-0.15, -0.1) is 0 Å². The molecule has 1 amide bonds. The number of rotatable bonds is 5. The number of guanidine groups is 1. The Bertz CT molecular complexity index is 489. The fourth-order valence-electron chi connectivity index (χ4n) is 4.76. The van der Waals surface area contributed by atoms with Crippen LogP contribution in [0.15, 0.2) is 4.99 Å². The van der Waals surface area contributed by atoms with E-state index in [-0.39, 0.29) is 5.91 Å². The van der Waals surface area contributed by atoms with Crippen molar-refractivity contribution in [3.8, 4) is 0 Å². The van der Waals surface area contributed by atoms with Crippen LogP contribution < -0.4 is 10.6 Å². The second-order valence-corrected chi connectivity index (χ2v) is 8.40. The zero-order valence-corrected chi connectivity index (χ0v) is 16.7. The number of likely N-dealkylation sites (tertiary alicyclic amines) is 2. The Morgan fingerprint density at radius 1 is 1.08 bits per heavy atom. The molecular formula is C20H37N5O. The maximum Gasteiger partial charge on any atom is 0.224 e. The molecule has 0 aromatic rings. The predicted molar refractivity (Wildman–Crippen MR) is 106 cm³/mol. The van der Waals surface area contributed by atoms with Crippen LogP contribution in [0.3, 0.4) is 0 Å². The maximum atomic E-state index is 12.4. The van der Waals surface area contributed by atoms with Crippen molar-refractivity contribution in [2.24, 2.45) is 10.9 Å². The summed E-state index contributed by atoms with van der Waals surface area (Å²) in [6.07, 6.45) is 9.65. The van der Waals surface area contributed by atoms with E-state index in [0.717, 1.165) is 38.1 Å². The van der Waals surface area contributed by atoms with E-state index in [1.807, 2.05) is 11.9 Å². The minimum absolute atomic E-state index is 0.271. The monoisotopic (exact) mass is 363 g/mol. The third-order valence-electron chi connectivity index (χ3n) is 6.27. The average Bonchev–Trinajstić information content (AvgIpc) is 3.32. The molecule has 0 bridgehead atoms. The zero-order chi connectivity index (χ0) is 18.4. The van der Waals surface area contributed by atoms with Crippen molar-refractivity contribution in [3.05, 3.63) is 0 Å². The van der Waals surface area contributed by atoms with Gasteiger partial charge in [-0.2, -0.15) is 0 Å². The lowest BCUT2D eigenvalue weighted by Gasteiger charge is -2.31. The molecule has 0 spiro atoms. The molecular weight excluding hydrogens is 326 g/mol. The molecule has 2 atom stereocenters. The lowest BCUT2D eigenvalue weighted by molar-refractivity contribution is -0.132. The molecule has 1 saturated carbocycles. The molecule has 148 valence electrons. The fraction of sp³-hybridized carbons (Fsp3) is 0.900. The van der Waals surface area contributed by atoms with Crippen LogP contribution in [0.4, 0.5) is 0 Å². The molecule has 0 aromatic heterocycles. The van der Waals surface area contributed by atoms with Gasteiger partial charge in [0.1, 0.15) is 0 Å². The SMILES string of the molecule is CN=C(NCCC(=O)N1CCCC(C)C1)NC1CCN(C2CCCC2)C1. The van der Waals surface area contributed by atoms with Gasteiger partial charge in [0.25, 0.3) is 0 Å². The van der Waals surface area contributed by atoms with Crippen LogP contribution in [0, 0.1) is 5.92 Å². The number of carbonyl (C=O) groups is 1. The molecule has 3 fully saturated rings. The molecule has 3 rings (SSSR count). The van der Waals surface area contributed by atoms with E-state index < -0.39 is 0 Å². The highest BCUT2D eigenvalue weighted by Gasteiger charge is 2.30. The number of aliphatic imine (C=N–C) groups is 1.